The Labute approximate surface area is 218 Å². The SMILES string of the molecule is COc1ccc(C(=O)NCCCCCc2nc3ccccc3n2CCOc2ccccc2C)cc1OC. The number of para-hydroxylation sites is 3. The van der Waals surface area contributed by atoms with E-state index in [-0.39, 0.29) is 5.91 Å². The number of aromatic nitrogens is 2. The van der Waals surface area contributed by atoms with E-state index in [4.69, 9.17) is 19.2 Å². The lowest BCUT2D eigenvalue weighted by molar-refractivity contribution is 0.0952. The summed E-state index contributed by atoms with van der Waals surface area (Å²) < 4.78 is 18.9. The predicted molar refractivity (Wildman–Crippen MR) is 146 cm³/mol. The van der Waals surface area contributed by atoms with Crippen molar-refractivity contribution in [1.82, 2.24) is 14.9 Å². The van der Waals surface area contributed by atoms with E-state index in [2.05, 4.69) is 35.0 Å². The van der Waals surface area contributed by atoms with Crippen LogP contribution in [0.25, 0.3) is 11.0 Å². The van der Waals surface area contributed by atoms with Gasteiger partial charge in [-0.2, -0.15) is 0 Å². The summed E-state index contributed by atoms with van der Waals surface area (Å²) in [5, 5.41) is 2.99. The van der Waals surface area contributed by atoms with E-state index in [1.54, 1.807) is 32.4 Å². The lowest BCUT2D eigenvalue weighted by Crippen LogP contribution is -2.24. The number of unbranched alkanes of at least 4 members (excludes halogenated alkanes) is 2. The molecule has 1 aromatic heterocycles. The average molecular weight is 502 g/mol. The van der Waals surface area contributed by atoms with E-state index in [0.717, 1.165) is 60.4 Å². The first-order valence-corrected chi connectivity index (χ1v) is 12.7. The van der Waals surface area contributed by atoms with Crippen LogP contribution < -0.4 is 19.5 Å². The molecular weight excluding hydrogens is 466 g/mol. The maximum absolute atomic E-state index is 12.5. The quantitative estimate of drug-likeness (QED) is 0.242. The zero-order valence-electron chi connectivity index (χ0n) is 21.8. The van der Waals surface area contributed by atoms with E-state index in [9.17, 15) is 4.79 Å². The van der Waals surface area contributed by atoms with Crippen LogP contribution in [0.2, 0.25) is 0 Å². The molecular formula is C30H35N3O4. The van der Waals surface area contributed by atoms with Gasteiger partial charge in [-0.3, -0.25) is 4.79 Å². The van der Waals surface area contributed by atoms with Crippen LogP contribution in [0.1, 0.15) is 41.0 Å². The van der Waals surface area contributed by atoms with Gasteiger partial charge in [0.15, 0.2) is 11.5 Å². The minimum Gasteiger partial charge on any atom is -0.493 e. The van der Waals surface area contributed by atoms with Crippen LogP contribution in [-0.4, -0.2) is 42.8 Å². The third-order valence-electron chi connectivity index (χ3n) is 6.41. The predicted octanol–water partition coefficient (Wildman–Crippen LogP) is 5.58. The molecule has 0 aliphatic rings. The molecule has 1 heterocycles. The summed E-state index contributed by atoms with van der Waals surface area (Å²) in [7, 11) is 3.14. The molecule has 1 N–H and O–H groups in total. The zero-order valence-corrected chi connectivity index (χ0v) is 21.8. The van der Waals surface area contributed by atoms with Gasteiger partial charge in [0.1, 0.15) is 18.2 Å². The van der Waals surface area contributed by atoms with Gasteiger partial charge in [0.2, 0.25) is 0 Å². The van der Waals surface area contributed by atoms with E-state index in [1.165, 1.54) is 0 Å². The van der Waals surface area contributed by atoms with Crippen molar-refractivity contribution in [2.45, 2.75) is 39.2 Å². The standard InChI is InChI=1S/C30H35N3O4/c1-22-11-6-9-14-26(22)37-20-19-33-25-13-8-7-12-24(25)32-29(33)15-5-4-10-18-31-30(34)23-16-17-27(35-2)28(21-23)36-3/h6-9,11-14,16-17,21H,4-5,10,15,18-20H2,1-3H3,(H,31,34). The Morgan fingerprint density at radius 2 is 1.68 bits per heavy atom. The lowest BCUT2D eigenvalue weighted by atomic mass is 10.1. The van der Waals surface area contributed by atoms with Crippen molar-refractivity contribution < 1.29 is 19.0 Å². The fourth-order valence-electron chi connectivity index (χ4n) is 4.40. The Morgan fingerprint density at radius 3 is 2.49 bits per heavy atom. The van der Waals surface area contributed by atoms with Gasteiger partial charge in [-0.05, 0) is 61.7 Å². The maximum atomic E-state index is 12.5. The maximum Gasteiger partial charge on any atom is 0.251 e. The first-order valence-electron chi connectivity index (χ1n) is 12.7. The number of fused-ring (bicyclic) bond motifs is 1. The Kier molecular flexibility index (Phi) is 9.03. The summed E-state index contributed by atoms with van der Waals surface area (Å²) in [5.74, 6) is 3.03. The van der Waals surface area contributed by atoms with Crippen molar-refractivity contribution in [2.24, 2.45) is 0 Å². The van der Waals surface area contributed by atoms with Crippen molar-refractivity contribution >= 4 is 16.9 Å². The van der Waals surface area contributed by atoms with Crippen LogP contribution >= 0.6 is 0 Å². The first kappa shape index (κ1) is 26.1. The topological polar surface area (TPSA) is 74.6 Å². The number of imidazole rings is 1. The Bertz CT molecular complexity index is 1330. The molecule has 194 valence electrons. The van der Waals surface area contributed by atoms with Crippen molar-refractivity contribution in [3.63, 3.8) is 0 Å². The summed E-state index contributed by atoms with van der Waals surface area (Å²) in [6.07, 6.45) is 3.77. The lowest BCUT2D eigenvalue weighted by Gasteiger charge is -2.12. The minimum atomic E-state index is -0.114. The van der Waals surface area contributed by atoms with Gasteiger partial charge < -0.3 is 24.1 Å². The molecule has 0 saturated carbocycles. The van der Waals surface area contributed by atoms with Crippen LogP contribution in [0.4, 0.5) is 0 Å². The monoisotopic (exact) mass is 501 g/mol. The number of aryl methyl sites for hydroxylation is 2. The van der Waals surface area contributed by atoms with E-state index in [1.807, 2.05) is 30.3 Å². The van der Waals surface area contributed by atoms with Crippen LogP contribution in [0, 0.1) is 6.92 Å². The van der Waals surface area contributed by atoms with E-state index in [0.29, 0.717) is 30.2 Å². The molecule has 0 aliphatic carbocycles. The highest BCUT2D eigenvalue weighted by Gasteiger charge is 2.12. The number of nitrogens with one attached hydrogen (secondary N) is 1. The van der Waals surface area contributed by atoms with Crippen LogP contribution in [-0.2, 0) is 13.0 Å². The first-order chi connectivity index (χ1) is 18.1. The second kappa shape index (κ2) is 12.8. The second-order valence-corrected chi connectivity index (χ2v) is 8.92. The average Bonchev–Trinajstić information content (AvgIpc) is 3.28. The smallest absolute Gasteiger partial charge is 0.251 e. The summed E-state index contributed by atoms with van der Waals surface area (Å²) in [5.41, 5.74) is 3.83. The number of hydrogen-bond acceptors (Lipinski definition) is 5. The number of nitrogens with zero attached hydrogens (tertiary/aromatic N) is 2. The molecule has 0 unspecified atom stereocenters. The molecule has 0 spiro atoms. The molecule has 0 bridgehead atoms. The minimum absolute atomic E-state index is 0.114. The van der Waals surface area contributed by atoms with Gasteiger partial charge in [0.05, 0.1) is 31.8 Å². The number of methoxy groups -OCH3 is 2. The molecule has 1 amide bonds. The number of rotatable bonds is 13. The molecule has 0 fully saturated rings. The molecule has 7 heteroatoms. The van der Waals surface area contributed by atoms with Gasteiger partial charge in [-0.25, -0.2) is 4.98 Å². The molecule has 37 heavy (non-hydrogen) atoms. The number of ether oxygens (including phenoxy) is 3. The normalized spacial score (nSPS) is 10.9. The highest BCUT2D eigenvalue weighted by Crippen LogP contribution is 2.27. The number of amides is 1. The Hall–Kier alpha value is -4.00. The van der Waals surface area contributed by atoms with Crippen LogP contribution in [0.15, 0.2) is 66.7 Å². The molecule has 0 radical (unpaired) electrons. The molecule has 0 aliphatic heterocycles. The fourth-order valence-corrected chi connectivity index (χ4v) is 4.40. The Morgan fingerprint density at radius 1 is 0.892 bits per heavy atom. The molecule has 3 aromatic carbocycles. The van der Waals surface area contributed by atoms with Crippen molar-refractivity contribution in [3.05, 3.63) is 83.7 Å². The number of carbonyl (C=O) groups is 1. The van der Waals surface area contributed by atoms with Crippen LogP contribution in [0.3, 0.4) is 0 Å². The van der Waals surface area contributed by atoms with Crippen molar-refractivity contribution in [3.8, 4) is 17.2 Å². The summed E-state index contributed by atoms with van der Waals surface area (Å²) >= 11 is 0. The fraction of sp³-hybridized carbons (Fsp3) is 0.333. The van der Waals surface area contributed by atoms with E-state index >= 15 is 0 Å². The summed E-state index contributed by atoms with van der Waals surface area (Å²) in [4.78, 5) is 17.4. The molecule has 4 aromatic rings. The van der Waals surface area contributed by atoms with Crippen molar-refractivity contribution in [1.29, 1.82) is 0 Å². The molecule has 4 rings (SSSR count). The van der Waals surface area contributed by atoms with E-state index < -0.39 is 0 Å². The number of carbonyl (C=O) groups excluding carboxylic acids is 1. The highest BCUT2D eigenvalue weighted by atomic mass is 16.5. The van der Waals surface area contributed by atoms with Gasteiger partial charge in [0.25, 0.3) is 5.91 Å². The summed E-state index contributed by atoms with van der Waals surface area (Å²) in [6.45, 7) is 4.00. The molecule has 7 nitrogen and oxygen atoms in total. The van der Waals surface area contributed by atoms with Crippen LogP contribution in [0.5, 0.6) is 17.2 Å². The number of benzene rings is 3. The van der Waals surface area contributed by atoms with Gasteiger partial charge >= 0.3 is 0 Å². The molecule has 0 saturated heterocycles. The number of hydrogen-bond donors (Lipinski definition) is 1. The largest absolute Gasteiger partial charge is 0.493 e. The van der Waals surface area contributed by atoms with Crippen molar-refractivity contribution in [2.75, 3.05) is 27.4 Å². The zero-order chi connectivity index (χ0) is 26.0. The third-order valence-corrected chi connectivity index (χ3v) is 6.41. The van der Waals surface area contributed by atoms with Gasteiger partial charge in [-0.1, -0.05) is 36.8 Å². The van der Waals surface area contributed by atoms with Gasteiger partial charge in [-0.15, -0.1) is 0 Å². The highest BCUT2D eigenvalue weighted by molar-refractivity contribution is 5.94. The molecule has 0 atom stereocenters. The second-order valence-electron chi connectivity index (χ2n) is 8.92. The Balaban J connectivity index is 1.26. The summed E-state index contributed by atoms with van der Waals surface area (Å²) in [6, 6.07) is 21.5. The third kappa shape index (κ3) is 6.61. The van der Waals surface area contributed by atoms with Gasteiger partial charge in [0, 0.05) is 18.5 Å².